The number of halogens is 1. The molecule has 0 bridgehead atoms. The lowest BCUT2D eigenvalue weighted by molar-refractivity contribution is 0.630. The van der Waals surface area contributed by atoms with Gasteiger partial charge in [-0.2, -0.15) is 0 Å². The number of fused-ring (bicyclic) bond motifs is 1. The first-order valence-corrected chi connectivity index (χ1v) is 8.42. The Kier molecular flexibility index (Phi) is 4.15. The summed E-state index contributed by atoms with van der Waals surface area (Å²) in [5.41, 5.74) is 3.44. The van der Waals surface area contributed by atoms with Gasteiger partial charge in [0, 0.05) is 17.8 Å². The molecule has 0 radical (unpaired) electrons. The summed E-state index contributed by atoms with van der Waals surface area (Å²) in [6.07, 6.45) is 1.50. The quantitative estimate of drug-likeness (QED) is 0.517. The molecule has 3 heterocycles. The van der Waals surface area contributed by atoms with Gasteiger partial charge < -0.3 is 15.3 Å². The molecule has 0 spiro atoms. The van der Waals surface area contributed by atoms with Crippen molar-refractivity contribution in [2.24, 2.45) is 0 Å². The van der Waals surface area contributed by atoms with Crippen LogP contribution in [-0.2, 0) is 6.54 Å². The van der Waals surface area contributed by atoms with Crippen molar-refractivity contribution in [3.8, 4) is 11.4 Å². The second-order valence-electron chi connectivity index (χ2n) is 6.27. The molecule has 0 saturated carbocycles. The van der Waals surface area contributed by atoms with E-state index in [0.29, 0.717) is 28.1 Å². The number of nitrogens with one attached hydrogen (secondary N) is 3. The molecule has 0 atom stereocenters. The average molecular weight is 364 g/mol. The minimum Gasteiger partial charge on any atom is -0.364 e. The molecule has 0 unspecified atom stereocenters. The van der Waals surface area contributed by atoms with Crippen molar-refractivity contribution in [3.05, 3.63) is 69.7 Å². The van der Waals surface area contributed by atoms with Gasteiger partial charge in [-0.1, -0.05) is 12.1 Å². The first kappa shape index (κ1) is 16.9. The topological polar surface area (TPSA) is 99.3 Å². The monoisotopic (exact) mass is 364 g/mol. The van der Waals surface area contributed by atoms with E-state index in [-0.39, 0.29) is 17.9 Å². The van der Waals surface area contributed by atoms with Gasteiger partial charge in [-0.15, -0.1) is 0 Å². The van der Waals surface area contributed by atoms with Gasteiger partial charge >= 0.3 is 0 Å². The number of pyridine rings is 1. The summed E-state index contributed by atoms with van der Waals surface area (Å²) < 4.78 is 14.2. The lowest BCUT2D eigenvalue weighted by Crippen LogP contribution is -2.19. The SMILES string of the molecule is Cc1cc(C)c(CNc2nc(-c3ccccc3F)nc3[nH]cnc23)c(=O)[nH]1. The molecule has 4 rings (SSSR count). The first-order valence-electron chi connectivity index (χ1n) is 8.42. The molecule has 0 fully saturated rings. The Hall–Kier alpha value is -3.55. The smallest absolute Gasteiger partial charge is 0.253 e. The van der Waals surface area contributed by atoms with E-state index in [0.717, 1.165) is 11.3 Å². The normalized spacial score (nSPS) is 11.1. The molecule has 1 aromatic carbocycles. The Labute approximate surface area is 153 Å². The highest BCUT2D eigenvalue weighted by Crippen LogP contribution is 2.24. The van der Waals surface area contributed by atoms with Crippen LogP contribution >= 0.6 is 0 Å². The van der Waals surface area contributed by atoms with E-state index in [1.807, 2.05) is 19.9 Å². The third-order valence-corrected chi connectivity index (χ3v) is 4.32. The van der Waals surface area contributed by atoms with Gasteiger partial charge in [-0.05, 0) is 37.6 Å². The number of aryl methyl sites for hydroxylation is 2. The number of rotatable bonds is 4. The first-order chi connectivity index (χ1) is 13.0. The zero-order chi connectivity index (χ0) is 19.0. The molecule has 0 aliphatic carbocycles. The highest BCUT2D eigenvalue weighted by Gasteiger charge is 2.15. The predicted octanol–water partition coefficient (Wildman–Crippen LogP) is 3.08. The lowest BCUT2D eigenvalue weighted by atomic mass is 10.1. The van der Waals surface area contributed by atoms with Crippen molar-refractivity contribution in [2.75, 3.05) is 5.32 Å². The summed E-state index contributed by atoms with van der Waals surface area (Å²) in [7, 11) is 0. The maximum Gasteiger partial charge on any atom is 0.253 e. The van der Waals surface area contributed by atoms with E-state index in [2.05, 4.69) is 30.2 Å². The van der Waals surface area contributed by atoms with E-state index in [4.69, 9.17) is 0 Å². The third-order valence-electron chi connectivity index (χ3n) is 4.32. The number of aromatic amines is 2. The standard InChI is InChI=1S/C19H17FN6O/c1-10-7-11(2)24-19(27)13(10)8-21-17-15-18(23-9-22-15)26-16(25-17)12-5-3-4-6-14(12)20/h3-7,9H,8H2,1-2H3,(H,24,27)(H2,21,22,23,25,26). The molecular formula is C19H17FN6O. The van der Waals surface area contributed by atoms with Crippen LogP contribution < -0.4 is 10.9 Å². The fourth-order valence-corrected chi connectivity index (χ4v) is 3.00. The van der Waals surface area contributed by atoms with Crippen LogP contribution in [0.3, 0.4) is 0 Å². The van der Waals surface area contributed by atoms with Crippen LogP contribution in [0.2, 0.25) is 0 Å². The molecule has 0 aliphatic heterocycles. The van der Waals surface area contributed by atoms with Crippen LogP contribution in [0, 0.1) is 19.7 Å². The van der Waals surface area contributed by atoms with E-state index >= 15 is 0 Å². The molecule has 136 valence electrons. The Morgan fingerprint density at radius 2 is 2.00 bits per heavy atom. The molecule has 0 aliphatic rings. The predicted molar refractivity (Wildman–Crippen MR) is 101 cm³/mol. The molecule has 0 saturated heterocycles. The Bertz CT molecular complexity index is 1200. The summed E-state index contributed by atoms with van der Waals surface area (Å²) in [4.78, 5) is 31.0. The lowest BCUT2D eigenvalue weighted by Gasteiger charge is -2.10. The summed E-state index contributed by atoms with van der Waals surface area (Å²) in [5, 5.41) is 3.14. The van der Waals surface area contributed by atoms with Gasteiger partial charge in [0.2, 0.25) is 0 Å². The second kappa shape index (κ2) is 6.64. The summed E-state index contributed by atoms with van der Waals surface area (Å²) in [6.45, 7) is 3.98. The molecule has 4 aromatic rings. The third kappa shape index (κ3) is 3.17. The number of imidazole rings is 1. The zero-order valence-electron chi connectivity index (χ0n) is 14.8. The van der Waals surface area contributed by atoms with Gasteiger partial charge in [-0.25, -0.2) is 19.3 Å². The van der Waals surface area contributed by atoms with Crippen LogP contribution in [0.25, 0.3) is 22.6 Å². The van der Waals surface area contributed by atoms with Gasteiger partial charge in [-0.3, -0.25) is 4.79 Å². The van der Waals surface area contributed by atoms with Crippen molar-refractivity contribution >= 4 is 17.0 Å². The Morgan fingerprint density at radius 1 is 1.19 bits per heavy atom. The number of H-pyrrole nitrogens is 2. The largest absolute Gasteiger partial charge is 0.364 e. The number of aromatic nitrogens is 5. The van der Waals surface area contributed by atoms with Crippen LogP contribution in [-0.4, -0.2) is 24.9 Å². The van der Waals surface area contributed by atoms with Gasteiger partial charge in [0.05, 0.1) is 11.9 Å². The second-order valence-corrected chi connectivity index (χ2v) is 6.27. The molecule has 8 heteroatoms. The average Bonchev–Trinajstić information content (AvgIpc) is 3.09. The van der Waals surface area contributed by atoms with Crippen LogP contribution in [0.4, 0.5) is 10.2 Å². The van der Waals surface area contributed by atoms with Crippen LogP contribution in [0.15, 0.2) is 41.5 Å². The van der Waals surface area contributed by atoms with E-state index in [1.54, 1.807) is 18.2 Å². The van der Waals surface area contributed by atoms with Crippen molar-refractivity contribution in [3.63, 3.8) is 0 Å². The maximum atomic E-state index is 14.2. The summed E-state index contributed by atoms with van der Waals surface area (Å²) in [5.74, 6) is 0.258. The molecule has 7 nitrogen and oxygen atoms in total. The minimum atomic E-state index is -0.409. The fraction of sp³-hybridized carbons (Fsp3) is 0.158. The molecule has 3 aromatic heterocycles. The van der Waals surface area contributed by atoms with Crippen molar-refractivity contribution < 1.29 is 4.39 Å². The van der Waals surface area contributed by atoms with Crippen molar-refractivity contribution in [2.45, 2.75) is 20.4 Å². The maximum absolute atomic E-state index is 14.2. The number of hydrogen-bond donors (Lipinski definition) is 3. The van der Waals surface area contributed by atoms with Crippen molar-refractivity contribution in [1.82, 2.24) is 24.9 Å². The number of anilines is 1. The number of benzene rings is 1. The van der Waals surface area contributed by atoms with E-state index in [1.165, 1.54) is 12.4 Å². The Morgan fingerprint density at radius 3 is 2.78 bits per heavy atom. The highest BCUT2D eigenvalue weighted by atomic mass is 19.1. The fourth-order valence-electron chi connectivity index (χ4n) is 3.00. The van der Waals surface area contributed by atoms with Gasteiger partial charge in [0.25, 0.3) is 5.56 Å². The number of hydrogen-bond acceptors (Lipinski definition) is 5. The van der Waals surface area contributed by atoms with Crippen molar-refractivity contribution in [1.29, 1.82) is 0 Å². The zero-order valence-corrected chi connectivity index (χ0v) is 14.8. The molecule has 27 heavy (non-hydrogen) atoms. The number of nitrogens with zero attached hydrogens (tertiary/aromatic N) is 3. The summed E-state index contributed by atoms with van der Waals surface area (Å²) >= 11 is 0. The van der Waals surface area contributed by atoms with Crippen LogP contribution in [0.1, 0.15) is 16.8 Å². The highest BCUT2D eigenvalue weighted by molar-refractivity contribution is 5.84. The molecule has 3 N–H and O–H groups in total. The summed E-state index contributed by atoms with van der Waals surface area (Å²) in [6, 6.07) is 8.22. The van der Waals surface area contributed by atoms with E-state index < -0.39 is 5.82 Å². The van der Waals surface area contributed by atoms with Crippen LogP contribution in [0.5, 0.6) is 0 Å². The molecular weight excluding hydrogens is 347 g/mol. The van der Waals surface area contributed by atoms with E-state index in [9.17, 15) is 9.18 Å². The van der Waals surface area contributed by atoms with Gasteiger partial charge in [0.15, 0.2) is 17.3 Å². The molecule has 0 amide bonds. The minimum absolute atomic E-state index is 0.151. The Balaban J connectivity index is 1.75. The van der Waals surface area contributed by atoms with Gasteiger partial charge in [0.1, 0.15) is 11.3 Å².